The molecule has 0 aromatic heterocycles. The van der Waals surface area contributed by atoms with Crippen LogP contribution in [0.4, 0.5) is 0 Å². The Morgan fingerprint density at radius 1 is 0.667 bits per heavy atom. The van der Waals surface area contributed by atoms with Gasteiger partial charge < -0.3 is 25.7 Å². The first-order valence-electron chi connectivity index (χ1n) is 15.1. The third kappa shape index (κ3) is 20.1. The van der Waals surface area contributed by atoms with Crippen LogP contribution in [0.1, 0.15) is 142 Å². The van der Waals surface area contributed by atoms with E-state index in [2.05, 4.69) is 25.2 Å². The number of carbonyl (C=O) groups excluding carboxylic acids is 1. The Morgan fingerprint density at radius 3 is 1.67 bits per heavy atom. The second kappa shape index (κ2) is 25.7. The number of hydrogen-bond acceptors (Lipinski definition) is 5. The van der Waals surface area contributed by atoms with Crippen molar-refractivity contribution in [2.75, 3.05) is 6.61 Å². The van der Waals surface area contributed by atoms with Crippen molar-refractivity contribution >= 4 is 5.91 Å². The Labute approximate surface area is 222 Å². The van der Waals surface area contributed by atoms with Gasteiger partial charge in [-0.2, -0.15) is 0 Å². The number of allylic oxidation sites excluding steroid dienone is 2. The number of amides is 1. The number of rotatable bonds is 26. The molecule has 0 aromatic rings. The quantitative estimate of drug-likeness (QED) is 0.0726. The van der Waals surface area contributed by atoms with Gasteiger partial charge in [-0.15, -0.1) is 0 Å². The second-order valence-corrected chi connectivity index (χ2v) is 10.4. The number of aliphatic hydroxyl groups is 4. The van der Waals surface area contributed by atoms with E-state index in [-0.39, 0.29) is 6.42 Å². The van der Waals surface area contributed by atoms with Crippen molar-refractivity contribution in [3.05, 3.63) is 12.2 Å². The molecule has 0 radical (unpaired) electrons. The maximum Gasteiger partial charge on any atom is 0.249 e. The Hall–Kier alpha value is -0.950. The lowest BCUT2D eigenvalue weighted by atomic mass is 9.99. The molecular weight excluding hydrogens is 454 g/mol. The van der Waals surface area contributed by atoms with Gasteiger partial charge in [-0.05, 0) is 32.1 Å². The molecule has 214 valence electrons. The molecule has 4 unspecified atom stereocenters. The lowest BCUT2D eigenvalue weighted by Crippen LogP contribution is -2.53. The first-order chi connectivity index (χ1) is 17.5. The van der Waals surface area contributed by atoms with Crippen LogP contribution in [-0.4, -0.2) is 57.3 Å². The van der Waals surface area contributed by atoms with E-state index in [4.69, 9.17) is 0 Å². The van der Waals surface area contributed by atoms with Gasteiger partial charge in [-0.25, -0.2) is 0 Å². The molecule has 0 aliphatic carbocycles. The van der Waals surface area contributed by atoms with Crippen molar-refractivity contribution in [2.45, 2.75) is 167 Å². The highest BCUT2D eigenvalue weighted by molar-refractivity contribution is 5.80. The van der Waals surface area contributed by atoms with Gasteiger partial charge in [0, 0.05) is 0 Å². The molecule has 4 atom stereocenters. The SMILES string of the molecule is CCCCCC/C=C\CCC(O)C(=O)NC(CO)C(O)C(O)CCCCCCCCCCCCCC. The highest BCUT2D eigenvalue weighted by Crippen LogP contribution is 2.15. The van der Waals surface area contributed by atoms with Gasteiger partial charge in [0.2, 0.25) is 5.91 Å². The van der Waals surface area contributed by atoms with Gasteiger partial charge in [-0.3, -0.25) is 4.79 Å². The minimum Gasteiger partial charge on any atom is -0.394 e. The summed E-state index contributed by atoms with van der Waals surface area (Å²) in [7, 11) is 0. The largest absolute Gasteiger partial charge is 0.394 e. The summed E-state index contributed by atoms with van der Waals surface area (Å²) in [6.07, 6.45) is 22.5. The lowest BCUT2D eigenvalue weighted by Gasteiger charge is -2.27. The molecule has 0 aromatic carbocycles. The molecule has 0 heterocycles. The summed E-state index contributed by atoms with van der Waals surface area (Å²) in [4.78, 5) is 12.3. The standard InChI is InChI=1S/C30H59NO5/c1-3-5-7-9-11-13-14-15-16-18-19-21-23-27(33)29(35)26(25-32)31-30(36)28(34)24-22-20-17-12-10-8-6-4-2/h17,20,26-29,32-35H,3-16,18-19,21-25H2,1-2H3,(H,31,36)/b20-17-. The van der Waals surface area contributed by atoms with Gasteiger partial charge in [-0.1, -0.05) is 122 Å². The van der Waals surface area contributed by atoms with E-state index in [0.29, 0.717) is 12.8 Å². The normalized spacial score (nSPS) is 15.2. The van der Waals surface area contributed by atoms with Crippen LogP contribution in [0.3, 0.4) is 0 Å². The van der Waals surface area contributed by atoms with E-state index in [1.54, 1.807) is 0 Å². The van der Waals surface area contributed by atoms with Crippen LogP contribution in [0.5, 0.6) is 0 Å². The fraction of sp³-hybridized carbons (Fsp3) is 0.900. The van der Waals surface area contributed by atoms with E-state index >= 15 is 0 Å². The molecule has 0 saturated heterocycles. The zero-order valence-corrected chi connectivity index (χ0v) is 23.5. The van der Waals surface area contributed by atoms with E-state index in [9.17, 15) is 25.2 Å². The predicted octanol–water partition coefficient (Wildman–Crippen LogP) is 5.94. The monoisotopic (exact) mass is 513 g/mol. The maximum atomic E-state index is 12.3. The molecule has 0 aliphatic rings. The number of nitrogens with one attached hydrogen (secondary N) is 1. The van der Waals surface area contributed by atoms with Crippen LogP contribution in [0.15, 0.2) is 12.2 Å². The van der Waals surface area contributed by atoms with Gasteiger partial charge >= 0.3 is 0 Å². The van der Waals surface area contributed by atoms with Crippen LogP contribution < -0.4 is 5.32 Å². The molecule has 0 aliphatic heterocycles. The molecule has 36 heavy (non-hydrogen) atoms. The highest BCUT2D eigenvalue weighted by atomic mass is 16.3. The number of unbranched alkanes of at least 4 members (excludes halogenated alkanes) is 15. The van der Waals surface area contributed by atoms with Crippen molar-refractivity contribution in [3.8, 4) is 0 Å². The molecule has 5 N–H and O–H groups in total. The van der Waals surface area contributed by atoms with Gasteiger partial charge in [0.05, 0.1) is 18.8 Å². The average Bonchev–Trinajstić information content (AvgIpc) is 2.88. The number of hydrogen-bond donors (Lipinski definition) is 5. The third-order valence-corrected chi connectivity index (χ3v) is 6.98. The summed E-state index contributed by atoms with van der Waals surface area (Å²) < 4.78 is 0. The zero-order valence-electron chi connectivity index (χ0n) is 23.5. The maximum absolute atomic E-state index is 12.3. The number of carbonyl (C=O) groups is 1. The third-order valence-electron chi connectivity index (χ3n) is 6.98. The molecule has 0 saturated carbocycles. The Bertz CT molecular complexity index is 514. The minimum absolute atomic E-state index is 0.285. The molecule has 6 nitrogen and oxygen atoms in total. The fourth-order valence-corrected chi connectivity index (χ4v) is 4.46. The summed E-state index contributed by atoms with van der Waals surface area (Å²) >= 11 is 0. The molecule has 0 spiro atoms. The molecule has 0 rings (SSSR count). The Morgan fingerprint density at radius 2 is 1.14 bits per heavy atom. The lowest BCUT2D eigenvalue weighted by molar-refractivity contribution is -0.132. The Balaban J connectivity index is 3.95. The summed E-state index contributed by atoms with van der Waals surface area (Å²) in [5, 5.41) is 42.9. The van der Waals surface area contributed by atoms with Crippen LogP contribution in [0.2, 0.25) is 0 Å². The van der Waals surface area contributed by atoms with Crippen molar-refractivity contribution in [1.82, 2.24) is 5.32 Å². The summed E-state index contributed by atoms with van der Waals surface area (Å²) in [5.41, 5.74) is 0. The molecule has 0 bridgehead atoms. The molecular formula is C30H59NO5. The highest BCUT2D eigenvalue weighted by Gasteiger charge is 2.28. The second-order valence-electron chi connectivity index (χ2n) is 10.4. The molecule has 0 fully saturated rings. The van der Waals surface area contributed by atoms with E-state index < -0.39 is 36.9 Å². The first kappa shape index (κ1) is 35.0. The van der Waals surface area contributed by atoms with E-state index in [1.165, 1.54) is 77.0 Å². The number of aliphatic hydroxyl groups excluding tert-OH is 4. The van der Waals surface area contributed by atoms with E-state index in [0.717, 1.165) is 32.1 Å². The topological polar surface area (TPSA) is 110 Å². The van der Waals surface area contributed by atoms with Crippen LogP contribution in [-0.2, 0) is 4.79 Å². The average molecular weight is 514 g/mol. The van der Waals surface area contributed by atoms with Crippen LogP contribution >= 0.6 is 0 Å². The van der Waals surface area contributed by atoms with Gasteiger partial charge in [0.25, 0.3) is 0 Å². The summed E-state index contributed by atoms with van der Waals surface area (Å²) in [5.74, 6) is -0.623. The minimum atomic E-state index is -1.26. The van der Waals surface area contributed by atoms with Crippen molar-refractivity contribution in [1.29, 1.82) is 0 Å². The van der Waals surface area contributed by atoms with Crippen LogP contribution in [0.25, 0.3) is 0 Å². The smallest absolute Gasteiger partial charge is 0.249 e. The summed E-state index contributed by atoms with van der Waals surface area (Å²) in [6.45, 7) is 3.93. The van der Waals surface area contributed by atoms with Crippen molar-refractivity contribution in [3.63, 3.8) is 0 Å². The molecule has 1 amide bonds. The molecule has 6 heteroatoms. The van der Waals surface area contributed by atoms with Gasteiger partial charge in [0.15, 0.2) is 0 Å². The predicted molar refractivity (Wildman–Crippen MR) is 150 cm³/mol. The van der Waals surface area contributed by atoms with Gasteiger partial charge in [0.1, 0.15) is 12.2 Å². The first-order valence-corrected chi connectivity index (χ1v) is 15.1. The van der Waals surface area contributed by atoms with Crippen molar-refractivity contribution in [2.24, 2.45) is 0 Å². The Kier molecular flexibility index (Phi) is 25.0. The zero-order chi connectivity index (χ0) is 26.9. The summed E-state index contributed by atoms with van der Waals surface area (Å²) in [6, 6.07) is -0.992. The van der Waals surface area contributed by atoms with Crippen LogP contribution in [0, 0.1) is 0 Å². The van der Waals surface area contributed by atoms with Crippen molar-refractivity contribution < 1.29 is 25.2 Å². The van der Waals surface area contributed by atoms with E-state index in [1.807, 2.05) is 6.08 Å². The fourth-order valence-electron chi connectivity index (χ4n) is 4.46.